The van der Waals surface area contributed by atoms with Crippen molar-refractivity contribution in [1.82, 2.24) is 15.0 Å². The van der Waals surface area contributed by atoms with E-state index in [9.17, 15) is 4.79 Å². The average Bonchev–Trinajstić information content (AvgIpc) is 3.24. The van der Waals surface area contributed by atoms with Gasteiger partial charge in [0.2, 0.25) is 17.6 Å². The number of hydrogen-bond donors (Lipinski definition) is 1. The number of carbonyl (C=O) groups excluding carboxylic acids is 1. The SMILES string of the molecule is COc1ccc(-c2noc(CN3CCC(C(=O)Nc4ccc(C)cc4C)CC3)n2)cc1. The molecule has 1 amide bonds. The van der Waals surface area contributed by atoms with E-state index in [4.69, 9.17) is 9.26 Å². The fraction of sp³-hybridized carbons (Fsp3) is 0.375. The van der Waals surface area contributed by atoms with Crippen LogP contribution in [0.2, 0.25) is 0 Å². The van der Waals surface area contributed by atoms with Gasteiger partial charge in [-0.05, 0) is 75.7 Å². The van der Waals surface area contributed by atoms with E-state index in [0.29, 0.717) is 18.3 Å². The van der Waals surface area contributed by atoms with Crippen LogP contribution in [-0.2, 0) is 11.3 Å². The van der Waals surface area contributed by atoms with Crippen molar-refractivity contribution in [3.05, 3.63) is 59.5 Å². The van der Waals surface area contributed by atoms with Gasteiger partial charge in [-0.1, -0.05) is 22.9 Å². The lowest BCUT2D eigenvalue weighted by molar-refractivity contribution is -0.121. The third-order valence-corrected chi connectivity index (χ3v) is 5.77. The second-order valence-electron chi connectivity index (χ2n) is 8.10. The number of hydrogen-bond acceptors (Lipinski definition) is 6. The monoisotopic (exact) mass is 420 g/mol. The maximum absolute atomic E-state index is 12.7. The Labute approximate surface area is 182 Å². The number of nitrogens with one attached hydrogen (secondary N) is 1. The average molecular weight is 421 g/mol. The van der Waals surface area contributed by atoms with Gasteiger partial charge >= 0.3 is 0 Å². The standard InChI is InChI=1S/C24H28N4O3/c1-16-4-9-21(17(2)14-16)25-24(29)19-10-12-28(13-11-19)15-22-26-23(27-31-22)18-5-7-20(30-3)8-6-18/h4-9,14,19H,10-13,15H2,1-3H3,(H,25,29). The normalized spacial score (nSPS) is 15.1. The van der Waals surface area contributed by atoms with Crippen LogP contribution in [0.15, 0.2) is 47.0 Å². The minimum absolute atomic E-state index is 0.0227. The molecule has 1 aromatic heterocycles. The molecule has 0 saturated carbocycles. The van der Waals surface area contributed by atoms with Crippen molar-refractivity contribution < 1.29 is 14.1 Å². The number of aromatic nitrogens is 2. The van der Waals surface area contributed by atoms with Crippen molar-refractivity contribution in [1.29, 1.82) is 0 Å². The second-order valence-corrected chi connectivity index (χ2v) is 8.10. The lowest BCUT2D eigenvalue weighted by Gasteiger charge is -2.30. The van der Waals surface area contributed by atoms with Crippen LogP contribution in [-0.4, -0.2) is 41.1 Å². The van der Waals surface area contributed by atoms with Crippen molar-refractivity contribution in [2.45, 2.75) is 33.2 Å². The number of amides is 1. The highest BCUT2D eigenvalue weighted by Crippen LogP contribution is 2.24. The van der Waals surface area contributed by atoms with Crippen LogP contribution >= 0.6 is 0 Å². The Morgan fingerprint density at radius 3 is 2.58 bits per heavy atom. The Morgan fingerprint density at radius 2 is 1.90 bits per heavy atom. The predicted molar refractivity (Wildman–Crippen MR) is 119 cm³/mol. The summed E-state index contributed by atoms with van der Waals surface area (Å²) in [5, 5.41) is 7.19. The highest BCUT2D eigenvalue weighted by atomic mass is 16.5. The van der Waals surface area contributed by atoms with Crippen molar-refractivity contribution in [2.24, 2.45) is 5.92 Å². The maximum atomic E-state index is 12.7. The molecule has 4 rings (SSSR count). The fourth-order valence-electron chi connectivity index (χ4n) is 3.91. The molecule has 0 aliphatic carbocycles. The molecule has 1 fully saturated rings. The third kappa shape index (κ3) is 5.11. The lowest BCUT2D eigenvalue weighted by atomic mass is 9.95. The van der Waals surface area contributed by atoms with E-state index in [1.807, 2.05) is 43.3 Å². The minimum Gasteiger partial charge on any atom is -0.497 e. The van der Waals surface area contributed by atoms with Crippen molar-refractivity contribution in [2.75, 3.05) is 25.5 Å². The minimum atomic E-state index is 0.0227. The zero-order chi connectivity index (χ0) is 21.8. The molecule has 1 aliphatic heterocycles. The first-order valence-electron chi connectivity index (χ1n) is 10.6. The van der Waals surface area contributed by atoms with Crippen LogP contribution in [0, 0.1) is 19.8 Å². The molecule has 1 saturated heterocycles. The topological polar surface area (TPSA) is 80.5 Å². The van der Waals surface area contributed by atoms with E-state index in [1.54, 1.807) is 7.11 Å². The third-order valence-electron chi connectivity index (χ3n) is 5.77. The number of ether oxygens (including phenoxy) is 1. The van der Waals surface area contributed by atoms with Crippen LogP contribution in [0.5, 0.6) is 5.75 Å². The molecule has 0 bridgehead atoms. The van der Waals surface area contributed by atoms with Crippen LogP contribution in [0.25, 0.3) is 11.4 Å². The number of rotatable bonds is 6. The van der Waals surface area contributed by atoms with Crippen molar-refractivity contribution >= 4 is 11.6 Å². The molecule has 1 N–H and O–H groups in total. The van der Waals surface area contributed by atoms with E-state index in [2.05, 4.69) is 33.3 Å². The number of likely N-dealkylation sites (tertiary alicyclic amines) is 1. The lowest BCUT2D eigenvalue weighted by Crippen LogP contribution is -2.37. The van der Waals surface area contributed by atoms with Gasteiger partial charge in [-0.15, -0.1) is 0 Å². The zero-order valence-corrected chi connectivity index (χ0v) is 18.2. The molecule has 2 aromatic carbocycles. The van der Waals surface area contributed by atoms with E-state index < -0.39 is 0 Å². The summed E-state index contributed by atoms with van der Waals surface area (Å²) in [5.74, 6) is 2.07. The van der Waals surface area contributed by atoms with E-state index in [1.165, 1.54) is 5.56 Å². The number of carbonyl (C=O) groups is 1. The molecule has 2 heterocycles. The zero-order valence-electron chi connectivity index (χ0n) is 18.2. The summed E-state index contributed by atoms with van der Waals surface area (Å²) in [6.07, 6.45) is 1.63. The maximum Gasteiger partial charge on any atom is 0.241 e. The first kappa shape index (κ1) is 21.1. The molecule has 0 radical (unpaired) electrons. The van der Waals surface area contributed by atoms with Gasteiger partial charge < -0.3 is 14.6 Å². The Bertz CT molecular complexity index is 1040. The molecule has 0 spiro atoms. The van der Waals surface area contributed by atoms with Crippen LogP contribution in [0.3, 0.4) is 0 Å². The Kier molecular flexibility index (Phi) is 6.32. The predicted octanol–water partition coefficient (Wildman–Crippen LogP) is 4.21. The smallest absolute Gasteiger partial charge is 0.241 e. The van der Waals surface area contributed by atoms with Gasteiger partial charge in [0, 0.05) is 17.2 Å². The van der Waals surface area contributed by atoms with Crippen LogP contribution < -0.4 is 10.1 Å². The highest BCUT2D eigenvalue weighted by Gasteiger charge is 2.26. The number of benzene rings is 2. The summed E-state index contributed by atoms with van der Waals surface area (Å²) in [6, 6.07) is 13.7. The molecule has 0 atom stereocenters. The van der Waals surface area contributed by atoms with Crippen LogP contribution in [0.1, 0.15) is 29.9 Å². The first-order chi connectivity index (χ1) is 15.0. The van der Waals surface area contributed by atoms with Gasteiger partial charge in [0.25, 0.3) is 0 Å². The van der Waals surface area contributed by atoms with Gasteiger partial charge in [-0.3, -0.25) is 9.69 Å². The summed E-state index contributed by atoms with van der Waals surface area (Å²) in [5.41, 5.74) is 4.07. The van der Waals surface area contributed by atoms with Gasteiger partial charge in [0.1, 0.15) is 5.75 Å². The summed E-state index contributed by atoms with van der Waals surface area (Å²) < 4.78 is 10.6. The largest absolute Gasteiger partial charge is 0.497 e. The molecular formula is C24H28N4O3. The molecule has 7 nitrogen and oxygen atoms in total. The molecule has 31 heavy (non-hydrogen) atoms. The van der Waals surface area contributed by atoms with Crippen molar-refractivity contribution in [3.63, 3.8) is 0 Å². The number of nitrogens with zero attached hydrogens (tertiary/aromatic N) is 3. The van der Waals surface area contributed by atoms with Gasteiger partial charge in [-0.2, -0.15) is 4.98 Å². The van der Waals surface area contributed by atoms with Gasteiger partial charge in [-0.25, -0.2) is 0 Å². The first-order valence-corrected chi connectivity index (χ1v) is 10.6. The Hall–Kier alpha value is -3.19. The number of anilines is 1. The summed E-state index contributed by atoms with van der Waals surface area (Å²) in [4.78, 5) is 19.5. The Balaban J connectivity index is 1.29. The van der Waals surface area contributed by atoms with Gasteiger partial charge in [0.05, 0.1) is 13.7 Å². The molecule has 7 heteroatoms. The number of methoxy groups -OCH3 is 1. The molecule has 0 unspecified atom stereocenters. The second kappa shape index (κ2) is 9.31. The van der Waals surface area contributed by atoms with Crippen molar-refractivity contribution in [3.8, 4) is 17.1 Å². The molecular weight excluding hydrogens is 392 g/mol. The summed E-state index contributed by atoms with van der Waals surface area (Å²) in [6.45, 7) is 6.32. The quantitative estimate of drug-likeness (QED) is 0.643. The molecule has 1 aliphatic rings. The summed E-state index contributed by atoms with van der Waals surface area (Å²) >= 11 is 0. The number of piperidine rings is 1. The molecule has 162 valence electrons. The van der Waals surface area contributed by atoms with E-state index in [-0.39, 0.29) is 11.8 Å². The fourth-order valence-corrected chi connectivity index (χ4v) is 3.91. The van der Waals surface area contributed by atoms with E-state index >= 15 is 0 Å². The highest BCUT2D eigenvalue weighted by molar-refractivity contribution is 5.93. The molecule has 3 aromatic rings. The Morgan fingerprint density at radius 1 is 1.16 bits per heavy atom. The number of aryl methyl sites for hydroxylation is 2. The van der Waals surface area contributed by atoms with E-state index in [0.717, 1.165) is 48.5 Å². The van der Waals surface area contributed by atoms with Crippen LogP contribution in [0.4, 0.5) is 5.69 Å². The summed E-state index contributed by atoms with van der Waals surface area (Å²) in [7, 11) is 1.64. The van der Waals surface area contributed by atoms with Gasteiger partial charge in [0.15, 0.2) is 0 Å².